The second-order valence-corrected chi connectivity index (χ2v) is 8.24. The molecule has 6 nitrogen and oxygen atoms in total. The van der Waals surface area contributed by atoms with E-state index >= 15 is 0 Å². The van der Waals surface area contributed by atoms with E-state index in [2.05, 4.69) is 10.3 Å². The molecule has 0 aliphatic heterocycles. The number of hydrogen-bond donors (Lipinski definition) is 2. The highest BCUT2D eigenvalue weighted by molar-refractivity contribution is 6.33. The lowest BCUT2D eigenvalue weighted by atomic mass is 10.1. The molecule has 0 bridgehead atoms. The Morgan fingerprint density at radius 3 is 2.38 bits per heavy atom. The van der Waals surface area contributed by atoms with Crippen LogP contribution >= 0.6 is 11.6 Å². The standard InChI is InChI=1S/C22H24ClF3N4O2/c1-30(12-14-6-8-15(9-7-14)20(31)28-13-22(24,25)26)19-18(23)10-16(11-27-19)21(32)29-17-4-2-3-5-17/h6-11,17H,2-5,12-13H2,1H3,(H,28,31)(H,29,32). The summed E-state index contributed by atoms with van der Waals surface area (Å²) >= 11 is 6.36. The van der Waals surface area contributed by atoms with Crippen molar-refractivity contribution in [1.82, 2.24) is 15.6 Å². The zero-order valence-corrected chi connectivity index (χ0v) is 18.3. The number of nitrogens with one attached hydrogen (secondary N) is 2. The number of anilines is 1. The number of alkyl halides is 3. The van der Waals surface area contributed by atoms with Gasteiger partial charge in [-0.3, -0.25) is 9.59 Å². The molecule has 0 spiro atoms. The van der Waals surface area contributed by atoms with Crippen LogP contribution in [-0.2, 0) is 6.54 Å². The summed E-state index contributed by atoms with van der Waals surface area (Å²) < 4.78 is 36.7. The summed E-state index contributed by atoms with van der Waals surface area (Å²) in [5, 5.41) is 5.16. The van der Waals surface area contributed by atoms with Gasteiger partial charge in [-0.15, -0.1) is 0 Å². The molecule has 1 fully saturated rings. The van der Waals surface area contributed by atoms with E-state index < -0.39 is 18.6 Å². The molecule has 1 aliphatic rings. The van der Waals surface area contributed by atoms with Crippen LogP contribution in [0.5, 0.6) is 0 Å². The minimum Gasteiger partial charge on any atom is -0.354 e. The Kier molecular flexibility index (Phi) is 7.60. The first-order valence-corrected chi connectivity index (χ1v) is 10.6. The Morgan fingerprint density at radius 2 is 1.78 bits per heavy atom. The predicted octanol–water partition coefficient (Wildman–Crippen LogP) is 4.34. The van der Waals surface area contributed by atoms with Crippen LogP contribution in [0.2, 0.25) is 5.02 Å². The summed E-state index contributed by atoms with van der Waals surface area (Å²) in [7, 11) is 1.77. The summed E-state index contributed by atoms with van der Waals surface area (Å²) in [6, 6.07) is 7.99. The summed E-state index contributed by atoms with van der Waals surface area (Å²) in [5.74, 6) is -0.505. The zero-order valence-electron chi connectivity index (χ0n) is 17.5. The first-order valence-electron chi connectivity index (χ1n) is 10.2. The highest BCUT2D eigenvalue weighted by atomic mass is 35.5. The minimum absolute atomic E-state index is 0.134. The van der Waals surface area contributed by atoms with E-state index in [0.29, 0.717) is 22.9 Å². The number of pyridine rings is 1. The summed E-state index contributed by atoms with van der Waals surface area (Å²) in [6.45, 7) is -0.986. The number of amides is 2. The Balaban J connectivity index is 1.59. The molecule has 2 amide bonds. The van der Waals surface area contributed by atoms with Gasteiger partial charge >= 0.3 is 6.18 Å². The molecule has 0 atom stereocenters. The van der Waals surface area contributed by atoms with Crippen molar-refractivity contribution in [1.29, 1.82) is 0 Å². The lowest BCUT2D eigenvalue weighted by Gasteiger charge is -2.20. The van der Waals surface area contributed by atoms with Crippen molar-refractivity contribution in [3.63, 3.8) is 0 Å². The number of hydrogen-bond acceptors (Lipinski definition) is 4. The van der Waals surface area contributed by atoms with Crippen LogP contribution in [0.3, 0.4) is 0 Å². The third-order valence-electron chi connectivity index (χ3n) is 5.22. The first kappa shape index (κ1) is 23.8. The quantitative estimate of drug-likeness (QED) is 0.634. The van der Waals surface area contributed by atoms with Crippen LogP contribution in [0, 0.1) is 0 Å². The van der Waals surface area contributed by atoms with Crippen molar-refractivity contribution >= 4 is 29.2 Å². The maximum absolute atomic E-state index is 12.4. The van der Waals surface area contributed by atoms with Gasteiger partial charge in [-0.1, -0.05) is 36.6 Å². The van der Waals surface area contributed by atoms with E-state index in [4.69, 9.17) is 11.6 Å². The van der Waals surface area contributed by atoms with Gasteiger partial charge in [-0.2, -0.15) is 13.2 Å². The smallest absolute Gasteiger partial charge is 0.354 e. The maximum atomic E-state index is 12.4. The van der Waals surface area contributed by atoms with Gasteiger partial charge in [0.2, 0.25) is 0 Å². The van der Waals surface area contributed by atoms with Crippen LogP contribution in [0.1, 0.15) is 52.0 Å². The Bertz CT molecular complexity index is 961. The van der Waals surface area contributed by atoms with E-state index in [9.17, 15) is 22.8 Å². The van der Waals surface area contributed by atoms with Gasteiger partial charge in [0.25, 0.3) is 11.8 Å². The molecular formula is C22H24ClF3N4O2. The number of carbonyl (C=O) groups is 2. The fourth-order valence-corrected chi connectivity index (χ4v) is 3.88. The van der Waals surface area contributed by atoms with Crippen LogP contribution in [-0.4, -0.2) is 42.6 Å². The molecule has 172 valence electrons. The van der Waals surface area contributed by atoms with Crippen LogP contribution in [0.4, 0.5) is 19.0 Å². The molecule has 1 aromatic heterocycles. The molecule has 32 heavy (non-hydrogen) atoms. The van der Waals surface area contributed by atoms with Gasteiger partial charge in [0.1, 0.15) is 12.4 Å². The highest BCUT2D eigenvalue weighted by Crippen LogP contribution is 2.25. The number of halogens is 4. The predicted molar refractivity (Wildman–Crippen MR) is 116 cm³/mol. The first-order chi connectivity index (χ1) is 15.1. The van der Waals surface area contributed by atoms with E-state index in [1.54, 1.807) is 30.1 Å². The fraction of sp³-hybridized carbons (Fsp3) is 0.409. The normalized spacial score (nSPS) is 14.3. The summed E-state index contributed by atoms with van der Waals surface area (Å²) in [6.07, 6.45) is 1.22. The largest absolute Gasteiger partial charge is 0.405 e. The average molecular weight is 469 g/mol. The molecule has 0 unspecified atom stereocenters. The van der Waals surface area contributed by atoms with E-state index in [1.165, 1.54) is 18.3 Å². The van der Waals surface area contributed by atoms with E-state index in [1.807, 2.05) is 5.32 Å². The third kappa shape index (κ3) is 6.59. The third-order valence-corrected chi connectivity index (χ3v) is 5.50. The molecule has 1 saturated carbocycles. The van der Waals surface area contributed by atoms with Gasteiger partial charge in [-0.05, 0) is 36.6 Å². The lowest BCUT2D eigenvalue weighted by Crippen LogP contribution is -2.33. The molecule has 0 radical (unpaired) electrons. The Morgan fingerprint density at radius 1 is 1.12 bits per heavy atom. The van der Waals surface area contributed by atoms with Gasteiger partial charge < -0.3 is 15.5 Å². The molecular weight excluding hydrogens is 445 g/mol. The van der Waals surface area contributed by atoms with E-state index in [0.717, 1.165) is 31.2 Å². The van der Waals surface area contributed by atoms with Crippen molar-refractivity contribution in [2.45, 2.75) is 44.4 Å². The van der Waals surface area contributed by atoms with Crippen molar-refractivity contribution in [3.05, 3.63) is 58.2 Å². The van der Waals surface area contributed by atoms with Crippen molar-refractivity contribution in [2.24, 2.45) is 0 Å². The molecule has 1 aliphatic carbocycles. The van der Waals surface area contributed by atoms with Gasteiger partial charge in [0.15, 0.2) is 0 Å². The number of nitrogens with zero attached hydrogens (tertiary/aromatic N) is 2. The number of rotatable bonds is 7. The topological polar surface area (TPSA) is 74.3 Å². The molecule has 2 aromatic rings. The lowest BCUT2D eigenvalue weighted by molar-refractivity contribution is -0.123. The van der Waals surface area contributed by atoms with Crippen molar-refractivity contribution < 1.29 is 22.8 Å². The Hall–Kier alpha value is -2.81. The minimum atomic E-state index is -4.46. The van der Waals surface area contributed by atoms with Gasteiger partial charge in [0.05, 0.1) is 10.6 Å². The van der Waals surface area contributed by atoms with E-state index in [-0.39, 0.29) is 17.5 Å². The van der Waals surface area contributed by atoms with Crippen molar-refractivity contribution in [2.75, 3.05) is 18.5 Å². The van der Waals surface area contributed by atoms with Gasteiger partial charge in [-0.25, -0.2) is 4.98 Å². The molecule has 3 rings (SSSR count). The second-order valence-electron chi connectivity index (χ2n) is 7.84. The second kappa shape index (κ2) is 10.2. The maximum Gasteiger partial charge on any atom is 0.405 e. The molecule has 10 heteroatoms. The monoisotopic (exact) mass is 468 g/mol. The summed E-state index contributed by atoms with van der Waals surface area (Å²) in [5.41, 5.74) is 1.34. The van der Waals surface area contributed by atoms with Gasteiger partial charge in [0, 0.05) is 31.4 Å². The fourth-order valence-electron chi connectivity index (χ4n) is 3.57. The summed E-state index contributed by atoms with van der Waals surface area (Å²) in [4.78, 5) is 30.3. The average Bonchev–Trinajstić information content (AvgIpc) is 3.24. The van der Waals surface area contributed by atoms with Crippen LogP contribution in [0.15, 0.2) is 36.5 Å². The van der Waals surface area contributed by atoms with Crippen LogP contribution in [0.25, 0.3) is 0 Å². The number of aromatic nitrogens is 1. The molecule has 2 N–H and O–H groups in total. The Labute approximate surface area is 189 Å². The highest BCUT2D eigenvalue weighted by Gasteiger charge is 2.28. The number of benzene rings is 1. The zero-order chi connectivity index (χ0) is 23.3. The number of carbonyl (C=O) groups excluding carboxylic acids is 2. The van der Waals surface area contributed by atoms with Crippen LogP contribution < -0.4 is 15.5 Å². The molecule has 1 aromatic carbocycles. The molecule has 1 heterocycles. The molecule has 0 saturated heterocycles. The van der Waals surface area contributed by atoms with Crippen molar-refractivity contribution in [3.8, 4) is 0 Å². The SMILES string of the molecule is CN(Cc1ccc(C(=O)NCC(F)(F)F)cc1)c1ncc(C(=O)NC2CCCC2)cc1Cl.